The lowest BCUT2D eigenvalue weighted by Gasteiger charge is -2.12. The summed E-state index contributed by atoms with van der Waals surface area (Å²) in [5, 5.41) is 5.49. The highest BCUT2D eigenvalue weighted by Crippen LogP contribution is 2.19. The molecule has 2 N–H and O–H groups in total. The van der Waals surface area contributed by atoms with Crippen LogP contribution in [0.25, 0.3) is 10.9 Å². The number of aromatic nitrogens is 1. The van der Waals surface area contributed by atoms with Gasteiger partial charge in [0.15, 0.2) is 6.10 Å². The van der Waals surface area contributed by atoms with Crippen LogP contribution in [0.4, 0.5) is 0 Å². The van der Waals surface area contributed by atoms with Gasteiger partial charge in [-0.25, -0.2) is 4.79 Å². The lowest BCUT2D eigenvalue weighted by molar-refractivity contribution is -0.129. The van der Waals surface area contributed by atoms with Crippen LogP contribution in [0.15, 0.2) is 48.0 Å². The Balaban J connectivity index is 1.61. The highest BCUT2D eigenvalue weighted by Gasteiger charge is 2.20. The number of ether oxygens (including phenoxy) is 1. The zero-order valence-electron chi connectivity index (χ0n) is 12.5. The second-order valence-corrected chi connectivity index (χ2v) is 6.12. The maximum atomic E-state index is 12.2. The molecule has 1 amide bonds. The predicted molar refractivity (Wildman–Crippen MR) is 89.3 cm³/mol. The van der Waals surface area contributed by atoms with E-state index in [0.29, 0.717) is 12.1 Å². The minimum absolute atomic E-state index is 0.313. The zero-order chi connectivity index (χ0) is 16.2. The fraction of sp³-hybridized carbons (Fsp3) is 0.176. The average molecular weight is 328 g/mol. The molecule has 0 aliphatic rings. The summed E-state index contributed by atoms with van der Waals surface area (Å²) in [5.41, 5.74) is 1.28. The van der Waals surface area contributed by atoms with Crippen molar-refractivity contribution < 1.29 is 14.3 Å². The molecule has 2 heterocycles. The molecule has 0 saturated carbocycles. The summed E-state index contributed by atoms with van der Waals surface area (Å²) in [6.45, 7) is 2.00. The quantitative estimate of drug-likeness (QED) is 0.707. The maximum Gasteiger partial charge on any atom is 0.341 e. The number of benzene rings is 1. The average Bonchev–Trinajstić information content (AvgIpc) is 3.21. The predicted octanol–water partition coefficient (Wildman–Crippen LogP) is 3.09. The number of amides is 1. The number of H-pyrrole nitrogens is 1. The molecule has 23 heavy (non-hydrogen) atoms. The molecule has 1 aromatic carbocycles. The van der Waals surface area contributed by atoms with Gasteiger partial charge in [-0.2, -0.15) is 0 Å². The van der Waals surface area contributed by atoms with Crippen LogP contribution in [-0.4, -0.2) is 23.0 Å². The standard InChI is InChI=1S/C17H16N2O3S/c1-11(16(20)19-9-12-5-4-8-23-12)22-17(21)14-10-18-15-7-3-2-6-13(14)15/h2-8,10-11,18H,9H2,1H3,(H,19,20)/t11-/m0/s1. The molecule has 5 nitrogen and oxygen atoms in total. The smallest absolute Gasteiger partial charge is 0.341 e. The van der Waals surface area contributed by atoms with Crippen LogP contribution >= 0.6 is 11.3 Å². The Kier molecular flexibility index (Phi) is 4.43. The molecular weight excluding hydrogens is 312 g/mol. The van der Waals surface area contributed by atoms with Crippen LogP contribution in [0, 0.1) is 0 Å². The van der Waals surface area contributed by atoms with Crippen LogP contribution in [-0.2, 0) is 16.1 Å². The molecule has 0 unspecified atom stereocenters. The molecule has 0 aliphatic carbocycles. The molecule has 0 spiro atoms. The second kappa shape index (κ2) is 6.66. The summed E-state index contributed by atoms with van der Waals surface area (Å²) < 4.78 is 5.27. The third-order valence-corrected chi connectivity index (χ3v) is 4.36. The summed E-state index contributed by atoms with van der Waals surface area (Å²) in [6.07, 6.45) is 0.750. The van der Waals surface area contributed by atoms with E-state index in [0.717, 1.165) is 15.8 Å². The fourth-order valence-corrected chi connectivity index (χ4v) is 2.89. The van der Waals surface area contributed by atoms with E-state index in [1.165, 1.54) is 0 Å². The minimum Gasteiger partial charge on any atom is -0.449 e. The number of fused-ring (bicyclic) bond motifs is 1. The number of nitrogens with one attached hydrogen (secondary N) is 2. The highest BCUT2D eigenvalue weighted by atomic mass is 32.1. The van der Waals surface area contributed by atoms with Gasteiger partial charge in [0, 0.05) is 22.0 Å². The minimum atomic E-state index is -0.851. The van der Waals surface area contributed by atoms with Crippen LogP contribution in [0.5, 0.6) is 0 Å². The van der Waals surface area contributed by atoms with Crippen molar-refractivity contribution in [2.24, 2.45) is 0 Å². The Bertz CT molecular complexity index is 823. The van der Waals surface area contributed by atoms with Crippen LogP contribution in [0.2, 0.25) is 0 Å². The van der Waals surface area contributed by atoms with Crippen molar-refractivity contribution in [3.05, 3.63) is 58.4 Å². The molecule has 0 radical (unpaired) electrons. The van der Waals surface area contributed by atoms with Crippen molar-refractivity contribution in [1.29, 1.82) is 0 Å². The molecule has 6 heteroatoms. The Morgan fingerprint density at radius 1 is 1.26 bits per heavy atom. The number of hydrogen-bond donors (Lipinski definition) is 2. The molecule has 0 aliphatic heterocycles. The van der Waals surface area contributed by atoms with Gasteiger partial charge in [-0.3, -0.25) is 4.79 Å². The van der Waals surface area contributed by atoms with Crippen molar-refractivity contribution in [3.8, 4) is 0 Å². The largest absolute Gasteiger partial charge is 0.449 e. The van der Waals surface area contributed by atoms with E-state index in [1.54, 1.807) is 24.5 Å². The third-order valence-electron chi connectivity index (χ3n) is 3.48. The highest BCUT2D eigenvalue weighted by molar-refractivity contribution is 7.09. The first-order valence-electron chi connectivity index (χ1n) is 7.22. The van der Waals surface area contributed by atoms with E-state index in [4.69, 9.17) is 4.74 Å². The first kappa shape index (κ1) is 15.3. The van der Waals surface area contributed by atoms with E-state index < -0.39 is 12.1 Å². The van der Waals surface area contributed by atoms with Gasteiger partial charge in [-0.05, 0) is 24.4 Å². The summed E-state index contributed by atoms with van der Waals surface area (Å²) in [7, 11) is 0. The molecule has 0 saturated heterocycles. The number of thiophene rings is 1. The third kappa shape index (κ3) is 3.43. The van der Waals surface area contributed by atoms with E-state index >= 15 is 0 Å². The van der Waals surface area contributed by atoms with Gasteiger partial charge in [0.05, 0.1) is 12.1 Å². The van der Waals surface area contributed by atoms with Crippen LogP contribution in [0.3, 0.4) is 0 Å². The van der Waals surface area contributed by atoms with Crippen molar-refractivity contribution in [3.63, 3.8) is 0 Å². The summed E-state index contributed by atoms with van der Waals surface area (Å²) in [6, 6.07) is 11.3. The summed E-state index contributed by atoms with van der Waals surface area (Å²) in [5.74, 6) is -0.826. The van der Waals surface area contributed by atoms with Gasteiger partial charge < -0.3 is 15.0 Å². The van der Waals surface area contributed by atoms with Gasteiger partial charge in [0.2, 0.25) is 0 Å². The van der Waals surface area contributed by atoms with E-state index in [9.17, 15) is 9.59 Å². The zero-order valence-corrected chi connectivity index (χ0v) is 13.4. The van der Waals surface area contributed by atoms with E-state index in [2.05, 4.69) is 10.3 Å². The van der Waals surface area contributed by atoms with Crippen LogP contribution < -0.4 is 5.32 Å². The van der Waals surface area contributed by atoms with Gasteiger partial charge in [0.1, 0.15) is 0 Å². The number of esters is 1. The van der Waals surface area contributed by atoms with Crippen molar-refractivity contribution >= 4 is 34.1 Å². The van der Waals surface area contributed by atoms with E-state index in [-0.39, 0.29) is 5.91 Å². The van der Waals surface area contributed by atoms with Gasteiger partial charge in [-0.15, -0.1) is 11.3 Å². The number of rotatable bonds is 5. The molecule has 0 fully saturated rings. The lowest BCUT2D eigenvalue weighted by Crippen LogP contribution is -2.35. The number of aromatic amines is 1. The van der Waals surface area contributed by atoms with Gasteiger partial charge in [-0.1, -0.05) is 24.3 Å². The number of hydrogen-bond acceptors (Lipinski definition) is 4. The van der Waals surface area contributed by atoms with Crippen molar-refractivity contribution in [2.75, 3.05) is 0 Å². The fourth-order valence-electron chi connectivity index (χ4n) is 2.25. The molecule has 0 bridgehead atoms. The molecule has 3 aromatic rings. The molecule has 1 atom stereocenters. The van der Waals surface area contributed by atoms with Crippen molar-refractivity contribution in [1.82, 2.24) is 10.3 Å². The Labute approximate surface area is 137 Å². The lowest BCUT2D eigenvalue weighted by atomic mass is 10.2. The topological polar surface area (TPSA) is 71.2 Å². The SMILES string of the molecule is C[C@H](OC(=O)c1c[nH]c2ccccc12)C(=O)NCc1cccs1. The molecule has 3 rings (SSSR count). The maximum absolute atomic E-state index is 12.2. The van der Waals surface area contributed by atoms with Gasteiger partial charge in [0.25, 0.3) is 5.91 Å². The number of carbonyl (C=O) groups is 2. The number of para-hydroxylation sites is 1. The summed E-state index contributed by atoms with van der Waals surface area (Å²) in [4.78, 5) is 28.3. The first-order chi connectivity index (χ1) is 11.1. The van der Waals surface area contributed by atoms with Gasteiger partial charge >= 0.3 is 5.97 Å². The van der Waals surface area contributed by atoms with E-state index in [1.807, 2.05) is 41.8 Å². The molecule has 118 valence electrons. The normalized spacial score (nSPS) is 12.0. The van der Waals surface area contributed by atoms with Crippen LogP contribution in [0.1, 0.15) is 22.2 Å². The number of carbonyl (C=O) groups excluding carboxylic acids is 2. The monoisotopic (exact) mass is 328 g/mol. The second-order valence-electron chi connectivity index (χ2n) is 5.09. The molecule has 2 aromatic heterocycles. The Morgan fingerprint density at radius 3 is 2.87 bits per heavy atom. The Morgan fingerprint density at radius 2 is 2.09 bits per heavy atom. The van der Waals surface area contributed by atoms with Crippen molar-refractivity contribution in [2.45, 2.75) is 19.6 Å². The first-order valence-corrected chi connectivity index (χ1v) is 8.10. The molecular formula is C17H16N2O3S. The Hall–Kier alpha value is -2.60. The summed E-state index contributed by atoms with van der Waals surface area (Å²) >= 11 is 1.56.